The van der Waals surface area contributed by atoms with Crippen molar-refractivity contribution >= 4 is 5.91 Å². The van der Waals surface area contributed by atoms with Crippen molar-refractivity contribution in [3.63, 3.8) is 0 Å². The minimum Gasteiger partial charge on any atom is -0.391 e. The van der Waals surface area contributed by atoms with Gasteiger partial charge < -0.3 is 10.0 Å². The van der Waals surface area contributed by atoms with Crippen molar-refractivity contribution in [3.8, 4) is 0 Å². The number of piperidine rings is 1. The van der Waals surface area contributed by atoms with Gasteiger partial charge in [-0.3, -0.25) is 4.79 Å². The molecule has 0 aliphatic carbocycles. The Kier molecular flexibility index (Phi) is 3.72. The van der Waals surface area contributed by atoms with Gasteiger partial charge >= 0.3 is 0 Å². The Bertz CT molecular complexity index is 180. The molecule has 1 atom stereocenters. The highest BCUT2D eigenvalue weighted by Crippen LogP contribution is 2.13. The molecule has 1 heterocycles. The van der Waals surface area contributed by atoms with Crippen LogP contribution in [0.5, 0.6) is 0 Å². The minimum absolute atomic E-state index is 0.200. The largest absolute Gasteiger partial charge is 0.391 e. The van der Waals surface area contributed by atoms with E-state index in [4.69, 9.17) is 0 Å². The van der Waals surface area contributed by atoms with E-state index in [1.54, 1.807) is 4.90 Å². The van der Waals surface area contributed by atoms with Crippen molar-refractivity contribution in [2.24, 2.45) is 5.92 Å². The maximum atomic E-state index is 11.4. The molecule has 0 radical (unpaired) electrons. The molecule has 0 aromatic carbocycles. The first-order valence-electron chi connectivity index (χ1n) is 5.05. The molecule has 3 nitrogen and oxygen atoms in total. The average molecular weight is 185 g/mol. The number of rotatable bonds is 3. The molecule has 0 bridgehead atoms. The number of aliphatic hydroxyl groups excluding tert-OH is 1. The fourth-order valence-corrected chi connectivity index (χ4v) is 1.53. The van der Waals surface area contributed by atoms with Crippen molar-refractivity contribution < 1.29 is 9.90 Å². The molecule has 76 valence electrons. The third-order valence-electron chi connectivity index (χ3n) is 2.45. The highest BCUT2D eigenvalue weighted by atomic mass is 16.3. The Hall–Kier alpha value is -0.570. The van der Waals surface area contributed by atoms with Gasteiger partial charge in [0.05, 0.1) is 6.10 Å². The summed E-state index contributed by atoms with van der Waals surface area (Å²) in [5.41, 5.74) is 0. The smallest absolute Gasteiger partial charge is 0.222 e. The Morgan fingerprint density at radius 3 is 2.92 bits per heavy atom. The second kappa shape index (κ2) is 4.61. The lowest BCUT2D eigenvalue weighted by Crippen LogP contribution is -2.43. The van der Waals surface area contributed by atoms with Crippen LogP contribution in [0.2, 0.25) is 0 Å². The van der Waals surface area contributed by atoms with Gasteiger partial charge in [0, 0.05) is 19.5 Å². The molecule has 0 spiro atoms. The molecule has 0 saturated carbocycles. The van der Waals surface area contributed by atoms with E-state index < -0.39 is 0 Å². The average Bonchev–Trinajstić information content (AvgIpc) is 2.06. The van der Waals surface area contributed by atoms with Gasteiger partial charge in [-0.1, -0.05) is 13.8 Å². The van der Waals surface area contributed by atoms with Crippen LogP contribution in [0.3, 0.4) is 0 Å². The molecule has 1 unspecified atom stereocenters. The monoisotopic (exact) mass is 185 g/mol. The van der Waals surface area contributed by atoms with Crippen molar-refractivity contribution in [1.29, 1.82) is 0 Å². The zero-order valence-corrected chi connectivity index (χ0v) is 8.49. The predicted octanol–water partition coefficient (Wildman–Crippen LogP) is 1.02. The van der Waals surface area contributed by atoms with Crippen LogP contribution in [0, 0.1) is 5.92 Å². The SMILES string of the molecule is CC(C)CCN1CC(O)CCC1=O. The number of carbonyl (C=O) groups is 1. The summed E-state index contributed by atoms with van der Waals surface area (Å²) in [5, 5.41) is 9.37. The second-order valence-corrected chi connectivity index (χ2v) is 4.21. The van der Waals surface area contributed by atoms with Crippen LogP contribution in [0.1, 0.15) is 33.1 Å². The molecule has 0 aromatic rings. The Balaban J connectivity index is 2.33. The predicted molar refractivity (Wildman–Crippen MR) is 51.3 cm³/mol. The summed E-state index contributed by atoms with van der Waals surface area (Å²) < 4.78 is 0. The molecule has 0 aromatic heterocycles. The molecule has 1 amide bonds. The zero-order valence-electron chi connectivity index (χ0n) is 8.49. The normalized spacial score (nSPS) is 24.2. The molecule has 1 N–H and O–H groups in total. The van der Waals surface area contributed by atoms with Gasteiger partial charge in [0.25, 0.3) is 0 Å². The van der Waals surface area contributed by atoms with Gasteiger partial charge in [-0.05, 0) is 18.8 Å². The van der Waals surface area contributed by atoms with Gasteiger partial charge in [0.15, 0.2) is 0 Å². The number of hydrogen-bond donors (Lipinski definition) is 1. The van der Waals surface area contributed by atoms with E-state index in [2.05, 4.69) is 13.8 Å². The molecule has 1 rings (SSSR count). The third kappa shape index (κ3) is 3.35. The molecular formula is C10H19NO2. The van der Waals surface area contributed by atoms with E-state index >= 15 is 0 Å². The Morgan fingerprint density at radius 1 is 1.62 bits per heavy atom. The first kappa shape index (κ1) is 10.5. The summed E-state index contributed by atoms with van der Waals surface area (Å²) in [7, 11) is 0. The van der Waals surface area contributed by atoms with E-state index in [0.717, 1.165) is 13.0 Å². The number of β-amino-alcohol motifs (C(OH)–C–C–N with tert-alkyl or cyclic N) is 1. The van der Waals surface area contributed by atoms with Crippen molar-refractivity contribution in [2.45, 2.75) is 39.2 Å². The van der Waals surface area contributed by atoms with Crippen LogP contribution in [0.25, 0.3) is 0 Å². The van der Waals surface area contributed by atoms with Gasteiger partial charge in [-0.2, -0.15) is 0 Å². The highest BCUT2D eigenvalue weighted by molar-refractivity contribution is 5.77. The topological polar surface area (TPSA) is 40.5 Å². The lowest BCUT2D eigenvalue weighted by atomic mass is 10.1. The van der Waals surface area contributed by atoms with Gasteiger partial charge in [-0.15, -0.1) is 0 Å². The zero-order chi connectivity index (χ0) is 9.84. The number of nitrogens with zero attached hydrogens (tertiary/aromatic N) is 1. The van der Waals surface area contributed by atoms with Crippen LogP contribution < -0.4 is 0 Å². The Labute approximate surface area is 79.7 Å². The second-order valence-electron chi connectivity index (χ2n) is 4.21. The van der Waals surface area contributed by atoms with Crippen LogP contribution in [-0.4, -0.2) is 35.1 Å². The third-order valence-corrected chi connectivity index (χ3v) is 2.45. The first-order valence-corrected chi connectivity index (χ1v) is 5.05. The fraction of sp³-hybridized carbons (Fsp3) is 0.900. The van der Waals surface area contributed by atoms with Crippen molar-refractivity contribution in [3.05, 3.63) is 0 Å². The minimum atomic E-state index is -0.301. The molecule has 1 aliphatic rings. The van der Waals surface area contributed by atoms with Gasteiger partial charge in [-0.25, -0.2) is 0 Å². The Morgan fingerprint density at radius 2 is 2.31 bits per heavy atom. The van der Waals surface area contributed by atoms with Crippen molar-refractivity contribution in [1.82, 2.24) is 4.90 Å². The number of carbonyl (C=O) groups excluding carboxylic acids is 1. The number of hydrogen-bond acceptors (Lipinski definition) is 2. The fourth-order valence-electron chi connectivity index (χ4n) is 1.53. The summed E-state index contributed by atoms with van der Waals surface area (Å²) in [4.78, 5) is 13.2. The lowest BCUT2D eigenvalue weighted by Gasteiger charge is -2.30. The first-order chi connectivity index (χ1) is 6.09. The van der Waals surface area contributed by atoms with E-state index in [0.29, 0.717) is 25.3 Å². The van der Waals surface area contributed by atoms with Crippen LogP contribution in [0.15, 0.2) is 0 Å². The van der Waals surface area contributed by atoms with Crippen molar-refractivity contribution in [2.75, 3.05) is 13.1 Å². The maximum Gasteiger partial charge on any atom is 0.222 e. The van der Waals surface area contributed by atoms with Crippen LogP contribution in [-0.2, 0) is 4.79 Å². The highest BCUT2D eigenvalue weighted by Gasteiger charge is 2.23. The summed E-state index contributed by atoms with van der Waals surface area (Å²) in [6, 6.07) is 0. The summed E-state index contributed by atoms with van der Waals surface area (Å²) >= 11 is 0. The van der Waals surface area contributed by atoms with E-state index in [1.165, 1.54) is 0 Å². The standard InChI is InChI=1S/C10H19NO2/c1-8(2)5-6-11-7-9(12)3-4-10(11)13/h8-9,12H,3-7H2,1-2H3. The van der Waals surface area contributed by atoms with E-state index in [-0.39, 0.29) is 12.0 Å². The summed E-state index contributed by atoms with van der Waals surface area (Å²) in [5.74, 6) is 0.817. The van der Waals surface area contributed by atoms with E-state index in [9.17, 15) is 9.90 Å². The summed E-state index contributed by atoms with van der Waals surface area (Å²) in [6.07, 6.45) is 1.87. The van der Waals surface area contributed by atoms with E-state index in [1.807, 2.05) is 0 Å². The number of amides is 1. The molecule has 1 fully saturated rings. The molecular weight excluding hydrogens is 166 g/mol. The maximum absolute atomic E-state index is 11.4. The molecule has 1 saturated heterocycles. The molecule has 13 heavy (non-hydrogen) atoms. The molecule has 1 aliphatic heterocycles. The van der Waals surface area contributed by atoms with Crippen LogP contribution >= 0.6 is 0 Å². The number of aliphatic hydroxyl groups is 1. The quantitative estimate of drug-likeness (QED) is 0.713. The lowest BCUT2D eigenvalue weighted by molar-refractivity contribution is -0.136. The summed E-state index contributed by atoms with van der Waals surface area (Å²) in [6.45, 7) is 5.62. The van der Waals surface area contributed by atoms with Gasteiger partial charge in [0.2, 0.25) is 5.91 Å². The number of likely N-dealkylation sites (tertiary alicyclic amines) is 1. The van der Waals surface area contributed by atoms with Gasteiger partial charge in [0.1, 0.15) is 0 Å². The molecule has 3 heteroatoms. The van der Waals surface area contributed by atoms with Crippen LogP contribution in [0.4, 0.5) is 0 Å².